The number of furan rings is 2. The smallest absolute Gasteiger partial charge is 0.290 e. The van der Waals surface area contributed by atoms with Gasteiger partial charge in [0.05, 0.1) is 11.7 Å². The third-order valence-corrected chi connectivity index (χ3v) is 5.22. The Bertz CT molecular complexity index is 1120. The molecule has 7 heteroatoms. The Morgan fingerprint density at radius 3 is 2.65 bits per heavy atom. The number of carbonyl (C=O) groups is 2. The molecule has 3 heterocycles. The van der Waals surface area contributed by atoms with E-state index in [0.717, 1.165) is 5.39 Å². The zero-order valence-electron chi connectivity index (χ0n) is 17.8. The van der Waals surface area contributed by atoms with Crippen LogP contribution in [-0.4, -0.2) is 41.0 Å². The van der Waals surface area contributed by atoms with E-state index >= 15 is 0 Å². The fourth-order valence-corrected chi connectivity index (χ4v) is 3.79. The summed E-state index contributed by atoms with van der Waals surface area (Å²) >= 11 is 0. The van der Waals surface area contributed by atoms with Gasteiger partial charge in [0.25, 0.3) is 5.91 Å². The van der Waals surface area contributed by atoms with Crippen molar-refractivity contribution in [3.05, 3.63) is 71.1 Å². The van der Waals surface area contributed by atoms with Crippen molar-refractivity contribution in [3.8, 4) is 0 Å². The first kappa shape index (κ1) is 20.9. The van der Waals surface area contributed by atoms with E-state index in [-0.39, 0.29) is 17.4 Å². The van der Waals surface area contributed by atoms with Crippen LogP contribution in [0.3, 0.4) is 0 Å². The number of aliphatic hydroxyl groups excluding tert-OH is 1. The first-order chi connectivity index (χ1) is 14.9. The Balaban J connectivity index is 1.68. The molecule has 1 aromatic carbocycles. The molecule has 0 aliphatic carbocycles. The summed E-state index contributed by atoms with van der Waals surface area (Å²) in [5, 5.41) is 11.4. The van der Waals surface area contributed by atoms with Gasteiger partial charge in [-0.25, -0.2) is 0 Å². The van der Waals surface area contributed by atoms with Crippen LogP contribution in [0, 0.1) is 6.92 Å². The molecule has 3 aromatic rings. The topological polar surface area (TPSA) is 93.1 Å². The van der Waals surface area contributed by atoms with E-state index in [1.807, 2.05) is 32.0 Å². The number of nitrogens with zero attached hydrogens (tertiary/aromatic N) is 1. The van der Waals surface area contributed by atoms with E-state index < -0.39 is 23.5 Å². The normalized spacial score (nSPS) is 16.8. The molecule has 7 nitrogen and oxygen atoms in total. The lowest BCUT2D eigenvalue weighted by Crippen LogP contribution is -2.32. The fraction of sp³-hybridized carbons (Fsp3) is 0.333. The van der Waals surface area contributed by atoms with E-state index in [9.17, 15) is 14.7 Å². The lowest BCUT2D eigenvalue weighted by atomic mass is 9.99. The number of hydrogen-bond donors (Lipinski definition) is 1. The predicted octanol–water partition coefficient (Wildman–Crippen LogP) is 4.73. The molecule has 1 atom stereocenters. The zero-order valence-corrected chi connectivity index (χ0v) is 17.8. The number of aryl methyl sites for hydroxylation is 1. The second-order valence-corrected chi connectivity index (χ2v) is 7.86. The molecule has 0 radical (unpaired) electrons. The number of carbonyl (C=O) groups excluding carboxylic acids is 2. The molecular weight excluding hydrogens is 398 g/mol. The number of Topliss-reactive ketones (excluding diaryl/α,β-unsaturated/α-hetero) is 1. The van der Waals surface area contributed by atoms with Gasteiger partial charge in [0.1, 0.15) is 23.1 Å². The SMILES string of the molecule is Cc1ccc(C2C(C(=O)c3cc4ccccc4o3)=C(O)C(=O)N2CCCOC(C)C)o1. The highest BCUT2D eigenvalue weighted by Crippen LogP contribution is 2.40. The molecule has 1 aliphatic heterocycles. The van der Waals surface area contributed by atoms with Crippen LogP contribution < -0.4 is 0 Å². The summed E-state index contributed by atoms with van der Waals surface area (Å²) in [4.78, 5) is 27.7. The lowest BCUT2D eigenvalue weighted by molar-refractivity contribution is -0.129. The molecule has 1 N–H and O–H groups in total. The maximum atomic E-state index is 13.4. The van der Waals surface area contributed by atoms with Crippen molar-refractivity contribution in [1.82, 2.24) is 4.90 Å². The van der Waals surface area contributed by atoms with Crippen molar-refractivity contribution in [3.63, 3.8) is 0 Å². The highest BCUT2D eigenvalue weighted by atomic mass is 16.5. The second-order valence-electron chi connectivity index (χ2n) is 7.86. The van der Waals surface area contributed by atoms with Gasteiger partial charge in [-0.2, -0.15) is 0 Å². The molecular formula is C24H25NO6. The van der Waals surface area contributed by atoms with Crippen molar-refractivity contribution in [2.45, 2.75) is 39.3 Å². The Morgan fingerprint density at radius 1 is 1.19 bits per heavy atom. The maximum absolute atomic E-state index is 13.4. The third kappa shape index (κ3) is 4.01. The molecule has 31 heavy (non-hydrogen) atoms. The Morgan fingerprint density at radius 2 is 1.97 bits per heavy atom. The number of hydrogen-bond acceptors (Lipinski definition) is 6. The van der Waals surface area contributed by atoms with Crippen molar-refractivity contribution in [1.29, 1.82) is 0 Å². The predicted molar refractivity (Wildman–Crippen MR) is 114 cm³/mol. The van der Waals surface area contributed by atoms with Gasteiger partial charge in [-0.3, -0.25) is 9.59 Å². The first-order valence-corrected chi connectivity index (χ1v) is 10.3. The number of amides is 1. The minimum Gasteiger partial charge on any atom is -0.503 e. The standard InChI is InChI=1S/C24H25NO6/c1-14(2)29-12-6-11-25-21(18-10-9-15(3)30-18)20(23(27)24(25)28)22(26)19-13-16-7-4-5-8-17(16)31-19/h4-5,7-10,13-14,21,27H,6,11-12H2,1-3H3. The fourth-order valence-electron chi connectivity index (χ4n) is 3.79. The first-order valence-electron chi connectivity index (χ1n) is 10.3. The number of ether oxygens (including phenoxy) is 1. The third-order valence-electron chi connectivity index (χ3n) is 5.22. The number of ketones is 1. The zero-order chi connectivity index (χ0) is 22.1. The van der Waals surface area contributed by atoms with E-state index in [1.54, 1.807) is 31.2 Å². The van der Waals surface area contributed by atoms with Crippen molar-refractivity contribution >= 4 is 22.7 Å². The van der Waals surface area contributed by atoms with Crippen molar-refractivity contribution in [2.24, 2.45) is 0 Å². The van der Waals surface area contributed by atoms with Crippen LogP contribution in [0.25, 0.3) is 11.0 Å². The summed E-state index contributed by atoms with van der Waals surface area (Å²) in [5.41, 5.74) is 0.520. The second kappa shape index (κ2) is 8.43. The van der Waals surface area contributed by atoms with Gasteiger partial charge >= 0.3 is 0 Å². The Labute approximate surface area is 179 Å². The molecule has 4 rings (SSSR count). The minimum absolute atomic E-state index is 0.0387. The van der Waals surface area contributed by atoms with Crippen LogP contribution >= 0.6 is 0 Å². The minimum atomic E-state index is -0.832. The van der Waals surface area contributed by atoms with Crippen molar-refractivity contribution < 1.29 is 28.3 Å². The van der Waals surface area contributed by atoms with Crippen LogP contribution in [0.5, 0.6) is 0 Å². The summed E-state index contributed by atoms with van der Waals surface area (Å²) < 4.78 is 17.0. The molecule has 0 bridgehead atoms. The molecule has 0 saturated carbocycles. The van der Waals surface area contributed by atoms with Gasteiger partial charge in [-0.15, -0.1) is 0 Å². The average molecular weight is 423 g/mol. The number of rotatable bonds is 8. The van der Waals surface area contributed by atoms with Gasteiger partial charge in [0.15, 0.2) is 11.5 Å². The quantitative estimate of drug-likeness (QED) is 0.416. The lowest BCUT2D eigenvalue weighted by Gasteiger charge is -2.24. The van der Waals surface area contributed by atoms with Crippen molar-refractivity contribution in [2.75, 3.05) is 13.2 Å². The highest BCUT2D eigenvalue weighted by Gasteiger charge is 2.45. The maximum Gasteiger partial charge on any atom is 0.290 e. The highest BCUT2D eigenvalue weighted by molar-refractivity contribution is 6.15. The molecule has 1 aliphatic rings. The number of aliphatic hydroxyl groups is 1. The summed E-state index contributed by atoms with van der Waals surface area (Å²) in [6.07, 6.45) is 0.633. The number of fused-ring (bicyclic) bond motifs is 1. The number of para-hydroxylation sites is 1. The average Bonchev–Trinajstić information content (AvgIpc) is 3.42. The summed E-state index contributed by atoms with van der Waals surface area (Å²) in [6, 6.07) is 11.5. The van der Waals surface area contributed by atoms with E-state index in [0.29, 0.717) is 36.7 Å². The Hall–Kier alpha value is -3.32. The Kier molecular flexibility index (Phi) is 5.69. The van der Waals surface area contributed by atoms with Crippen LogP contribution in [0.15, 0.2) is 62.6 Å². The van der Waals surface area contributed by atoms with Gasteiger partial charge in [0.2, 0.25) is 5.78 Å². The molecule has 0 saturated heterocycles. The van der Waals surface area contributed by atoms with Crippen LogP contribution in [0.4, 0.5) is 0 Å². The summed E-state index contributed by atoms with van der Waals surface area (Å²) in [6.45, 7) is 6.42. The summed E-state index contributed by atoms with van der Waals surface area (Å²) in [5.74, 6) is -0.597. The molecule has 1 unspecified atom stereocenters. The van der Waals surface area contributed by atoms with Crippen LogP contribution in [0.1, 0.15) is 48.4 Å². The molecule has 0 spiro atoms. The molecule has 2 aromatic heterocycles. The van der Waals surface area contributed by atoms with E-state index in [1.165, 1.54) is 4.90 Å². The van der Waals surface area contributed by atoms with Crippen LogP contribution in [0.2, 0.25) is 0 Å². The van der Waals surface area contributed by atoms with E-state index in [4.69, 9.17) is 13.6 Å². The van der Waals surface area contributed by atoms with Gasteiger partial charge < -0.3 is 23.6 Å². The van der Waals surface area contributed by atoms with Crippen LogP contribution in [-0.2, 0) is 9.53 Å². The molecule has 0 fully saturated rings. The van der Waals surface area contributed by atoms with E-state index in [2.05, 4.69) is 0 Å². The molecule has 162 valence electrons. The van der Waals surface area contributed by atoms with Gasteiger partial charge in [0, 0.05) is 18.5 Å². The number of benzene rings is 1. The van der Waals surface area contributed by atoms with Gasteiger partial charge in [-0.05, 0) is 51.5 Å². The molecule has 1 amide bonds. The largest absolute Gasteiger partial charge is 0.503 e. The monoisotopic (exact) mass is 423 g/mol. The summed E-state index contributed by atoms with van der Waals surface area (Å²) in [7, 11) is 0. The van der Waals surface area contributed by atoms with Gasteiger partial charge in [-0.1, -0.05) is 18.2 Å².